The molecule has 0 saturated carbocycles. The minimum Gasteiger partial charge on any atom is -0.393 e. The number of aliphatic hydroxyl groups is 2. The average molecular weight is 284 g/mol. The van der Waals surface area contributed by atoms with Crippen LogP contribution in [0.15, 0.2) is 30.3 Å². The predicted molar refractivity (Wildman–Crippen MR) is 75.2 cm³/mol. The van der Waals surface area contributed by atoms with Crippen LogP contribution in [0, 0.1) is 0 Å². The van der Waals surface area contributed by atoms with Crippen molar-refractivity contribution in [3.8, 4) is 0 Å². The molecule has 1 aromatic carbocycles. The van der Waals surface area contributed by atoms with Gasteiger partial charge in [0.25, 0.3) is 0 Å². The normalized spacial score (nSPS) is 14.4. The molecule has 0 spiro atoms. The third-order valence-corrected chi connectivity index (χ3v) is 2.96. The van der Waals surface area contributed by atoms with Crippen LogP contribution in [0.4, 0.5) is 0 Å². The molecule has 0 saturated heterocycles. The summed E-state index contributed by atoms with van der Waals surface area (Å²) in [5.74, 6) is 0. The molecule has 0 aromatic heterocycles. The topological polar surface area (TPSA) is 68.2 Å². The van der Waals surface area contributed by atoms with Crippen molar-refractivity contribution in [1.82, 2.24) is 0 Å². The van der Waals surface area contributed by atoms with Crippen molar-refractivity contribution in [3.63, 3.8) is 0 Å². The second kappa shape index (κ2) is 9.85. The van der Waals surface area contributed by atoms with Crippen LogP contribution in [0.5, 0.6) is 0 Å². The summed E-state index contributed by atoms with van der Waals surface area (Å²) in [6.07, 6.45) is -1.29. The van der Waals surface area contributed by atoms with Crippen molar-refractivity contribution < 1.29 is 24.4 Å². The Morgan fingerprint density at radius 3 is 2.20 bits per heavy atom. The van der Waals surface area contributed by atoms with Crippen molar-refractivity contribution in [2.24, 2.45) is 0 Å². The molecule has 0 fully saturated rings. The first kappa shape index (κ1) is 17.1. The molecule has 1 aromatic rings. The summed E-state index contributed by atoms with van der Waals surface area (Å²) in [5, 5.41) is 19.6. The highest BCUT2D eigenvalue weighted by Crippen LogP contribution is 2.09. The summed E-state index contributed by atoms with van der Waals surface area (Å²) in [7, 11) is 3.03. The van der Waals surface area contributed by atoms with Gasteiger partial charge in [-0.15, -0.1) is 0 Å². The molecule has 5 heteroatoms. The zero-order valence-electron chi connectivity index (χ0n) is 12.1. The van der Waals surface area contributed by atoms with E-state index in [9.17, 15) is 10.2 Å². The maximum atomic E-state index is 9.79. The van der Waals surface area contributed by atoms with Crippen molar-refractivity contribution in [1.29, 1.82) is 0 Å². The van der Waals surface area contributed by atoms with Crippen molar-refractivity contribution in [3.05, 3.63) is 35.9 Å². The lowest BCUT2D eigenvalue weighted by Gasteiger charge is -2.20. The van der Waals surface area contributed by atoms with E-state index in [1.165, 1.54) is 14.2 Å². The monoisotopic (exact) mass is 284 g/mol. The van der Waals surface area contributed by atoms with E-state index >= 15 is 0 Å². The second-order valence-electron chi connectivity index (χ2n) is 4.68. The molecule has 2 N–H and O–H groups in total. The molecule has 1 rings (SSSR count). The molecule has 0 aliphatic carbocycles. The number of benzene rings is 1. The molecule has 114 valence electrons. The molecule has 0 heterocycles. The SMILES string of the molecule is COC(C[C@H](O)C[C@@H](O)COCc1ccccc1)OC. The Morgan fingerprint density at radius 2 is 1.60 bits per heavy atom. The molecule has 0 unspecified atom stereocenters. The summed E-state index contributed by atoms with van der Waals surface area (Å²) >= 11 is 0. The maximum absolute atomic E-state index is 9.79. The van der Waals surface area contributed by atoms with E-state index in [4.69, 9.17) is 14.2 Å². The van der Waals surface area contributed by atoms with Crippen molar-refractivity contribution in [2.45, 2.75) is 37.9 Å². The number of hydrogen-bond donors (Lipinski definition) is 2. The Morgan fingerprint density at radius 1 is 0.950 bits per heavy atom. The number of methoxy groups -OCH3 is 2. The smallest absolute Gasteiger partial charge is 0.159 e. The van der Waals surface area contributed by atoms with Crippen LogP contribution >= 0.6 is 0 Å². The highest BCUT2D eigenvalue weighted by atomic mass is 16.7. The molecule has 0 aliphatic rings. The predicted octanol–water partition coefficient (Wildman–Crippen LogP) is 1.32. The van der Waals surface area contributed by atoms with Gasteiger partial charge in [-0.3, -0.25) is 0 Å². The molecule has 0 aliphatic heterocycles. The first-order chi connectivity index (χ1) is 9.65. The third kappa shape index (κ3) is 6.98. The van der Waals surface area contributed by atoms with E-state index in [2.05, 4.69) is 0 Å². The summed E-state index contributed by atoms with van der Waals surface area (Å²) < 4.78 is 15.4. The van der Waals surface area contributed by atoms with E-state index in [0.717, 1.165) is 5.56 Å². The first-order valence-corrected chi connectivity index (χ1v) is 6.69. The van der Waals surface area contributed by atoms with Gasteiger partial charge >= 0.3 is 0 Å². The van der Waals surface area contributed by atoms with Crippen LogP contribution in [-0.2, 0) is 20.8 Å². The van der Waals surface area contributed by atoms with Gasteiger partial charge in [0.05, 0.1) is 25.4 Å². The Balaban J connectivity index is 2.17. The molecular weight excluding hydrogens is 260 g/mol. The number of hydrogen-bond acceptors (Lipinski definition) is 5. The van der Waals surface area contributed by atoms with Gasteiger partial charge in [-0.05, 0) is 5.56 Å². The minimum atomic E-state index is -0.705. The number of ether oxygens (including phenoxy) is 3. The van der Waals surface area contributed by atoms with Gasteiger partial charge in [0, 0.05) is 27.1 Å². The molecule has 2 atom stereocenters. The van der Waals surface area contributed by atoms with E-state index in [1.807, 2.05) is 30.3 Å². The van der Waals surface area contributed by atoms with Crippen LogP contribution in [0.3, 0.4) is 0 Å². The van der Waals surface area contributed by atoms with E-state index in [0.29, 0.717) is 13.0 Å². The van der Waals surface area contributed by atoms with Crippen LogP contribution in [0.1, 0.15) is 18.4 Å². The Bertz CT molecular complexity index is 339. The van der Waals surface area contributed by atoms with Gasteiger partial charge in [0.15, 0.2) is 6.29 Å². The van der Waals surface area contributed by atoms with Gasteiger partial charge < -0.3 is 24.4 Å². The summed E-state index contributed by atoms with van der Waals surface area (Å²) in [5.41, 5.74) is 1.05. The van der Waals surface area contributed by atoms with Crippen LogP contribution in [-0.4, -0.2) is 49.5 Å². The summed E-state index contributed by atoms with van der Waals surface area (Å²) in [6, 6.07) is 9.74. The van der Waals surface area contributed by atoms with Gasteiger partial charge in [-0.2, -0.15) is 0 Å². The Kier molecular flexibility index (Phi) is 8.41. The average Bonchev–Trinajstić information content (AvgIpc) is 2.45. The first-order valence-electron chi connectivity index (χ1n) is 6.69. The maximum Gasteiger partial charge on any atom is 0.159 e. The fourth-order valence-corrected chi connectivity index (χ4v) is 1.88. The van der Waals surface area contributed by atoms with Gasteiger partial charge in [-0.1, -0.05) is 30.3 Å². The molecule has 0 bridgehead atoms. The van der Waals surface area contributed by atoms with Gasteiger partial charge in [-0.25, -0.2) is 0 Å². The lowest BCUT2D eigenvalue weighted by atomic mass is 10.1. The quantitative estimate of drug-likeness (QED) is 0.634. The van der Waals surface area contributed by atoms with E-state index in [1.54, 1.807) is 0 Å². The largest absolute Gasteiger partial charge is 0.393 e. The number of rotatable bonds is 10. The zero-order valence-corrected chi connectivity index (χ0v) is 12.1. The van der Waals surface area contributed by atoms with Crippen LogP contribution in [0.25, 0.3) is 0 Å². The fraction of sp³-hybridized carbons (Fsp3) is 0.600. The van der Waals surface area contributed by atoms with E-state index < -0.39 is 18.5 Å². The second-order valence-corrected chi connectivity index (χ2v) is 4.68. The van der Waals surface area contributed by atoms with Crippen LogP contribution < -0.4 is 0 Å². The van der Waals surface area contributed by atoms with E-state index in [-0.39, 0.29) is 13.0 Å². The highest BCUT2D eigenvalue weighted by molar-refractivity contribution is 5.13. The molecule has 0 amide bonds. The minimum absolute atomic E-state index is 0.191. The number of aliphatic hydroxyl groups excluding tert-OH is 2. The third-order valence-electron chi connectivity index (χ3n) is 2.96. The van der Waals surface area contributed by atoms with Gasteiger partial charge in [0.1, 0.15) is 0 Å². The molecule has 0 radical (unpaired) electrons. The molecule has 5 nitrogen and oxygen atoms in total. The van der Waals surface area contributed by atoms with Crippen molar-refractivity contribution >= 4 is 0 Å². The lowest BCUT2D eigenvalue weighted by molar-refractivity contribution is -0.126. The Hall–Kier alpha value is -0.980. The fourth-order valence-electron chi connectivity index (χ4n) is 1.88. The standard InChI is InChI=1S/C15H24O5/c1-18-15(19-2)9-13(16)8-14(17)11-20-10-12-6-4-3-5-7-12/h3-7,13-17H,8-11H2,1-2H3/t13-,14-/m1/s1. The summed E-state index contributed by atoms with van der Waals surface area (Å²) in [4.78, 5) is 0. The van der Waals surface area contributed by atoms with Gasteiger partial charge in [0.2, 0.25) is 0 Å². The Labute approximate surface area is 120 Å². The van der Waals surface area contributed by atoms with Crippen LogP contribution in [0.2, 0.25) is 0 Å². The lowest BCUT2D eigenvalue weighted by Crippen LogP contribution is -2.27. The highest BCUT2D eigenvalue weighted by Gasteiger charge is 2.17. The molecule has 20 heavy (non-hydrogen) atoms. The van der Waals surface area contributed by atoms with Crippen molar-refractivity contribution in [2.75, 3.05) is 20.8 Å². The zero-order chi connectivity index (χ0) is 14.8. The summed E-state index contributed by atoms with van der Waals surface area (Å²) in [6.45, 7) is 0.642. The molecular formula is C15H24O5.